The molecule has 5 nitrogen and oxygen atoms in total. The molecule has 0 aliphatic heterocycles. The minimum absolute atomic E-state index is 0.102. The molecule has 1 atom stereocenters. The third-order valence-corrected chi connectivity index (χ3v) is 3.80. The van der Waals surface area contributed by atoms with Gasteiger partial charge in [0, 0.05) is 17.4 Å². The van der Waals surface area contributed by atoms with Gasteiger partial charge in [-0.15, -0.1) is 0 Å². The third-order valence-electron chi connectivity index (χ3n) is 3.80. The molecule has 0 saturated carbocycles. The monoisotopic (exact) mass is 364 g/mol. The summed E-state index contributed by atoms with van der Waals surface area (Å²) in [6, 6.07) is 9.63. The largest absolute Gasteiger partial charge is 0.493 e. The number of halogens is 2. The Kier molecular flexibility index (Phi) is 6.38. The average molecular weight is 364 g/mol. The fraction of sp³-hybridized carbons (Fsp3) is 0.316. The van der Waals surface area contributed by atoms with Crippen molar-refractivity contribution in [2.24, 2.45) is 0 Å². The van der Waals surface area contributed by atoms with Gasteiger partial charge in [0.25, 0.3) is 0 Å². The number of benzene rings is 2. The van der Waals surface area contributed by atoms with Crippen LogP contribution in [-0.2, 0) is 4.79 Å². The highest BCUT2D eigenvalue weighted by Gasteiger charge is 2.16. The Bertz CT molecular complexity index is 781. The van der Waals surface area contributed by atoms with E-state index in [4.69, 9.17) is 4.74 Å². The van der Waals surface area contributed by atoms with Crippen LogP contribution in [0.1, 0.15) is 18.1 Å². The Morgan fingerprint density at radius 3 is 2.42 bits per heavy atom. The molecule has 1 amide bonds. The van der Waals surface area contributed by atoms with E-state index in [1.807, 2.05) is 32.0 Å². The standard InChI is InChI=1S/C19H22F2N2O3/c1-11-5-7-15(12(2)9-11)23-18(24)13(3)22-14-6-8-16(25-4)17(10-14)26-19(20)21/h5-10,13,19,22H,1-4H3,(H,23,24). The zero-order valence-corrected chi connectivity index (χ0v) is 15.1. The Hall–Kier alpha value is -2.83. The van der Waals surface area contributed by atoms with Crippen molar-refractivity contribution in [3.05, 3.63) is 47.5 Å². The van der Waals surface area contributed by atoms with Gasteiger partial charge in [0.05, 0.1) is 7.11 Å². The summed E-state index contributed by atoms with van der Waals surface area (Å²) in [6.45, 7) is 2.60. The minimum atomic E-state index is -2.97. The van der Waals surface area contributed by atoms with Crippen molar-refractivity contribution < 1.29 is 23.0 Å². The highest BCUT2D eigenvalue weighted by Crippen LogP contribution is 2.31. The molecule has 0 saturated heterocycles. The van der Waals surface area contributed by atoms with Crippen LogP contribution in [0.3, 0.4) is 0 Å². The summed E-state index contributed by atoms with van der Waals surface area (Å²) in [4.78, 5) is 12.4. The Labute approximate surface area is 151 Å². The first-order chi connectivity index (χ1) is 12.3. The van der Waals surface area contributed by atoms with Crippen LogP contribution in [-0.4, -0.2) is 25.7 Å². The van der Waals surface area contributed by atoms with Crippen LogP contribution in [0.5, 0.6) is 11.5 Å². The maximum absolute atomic E-state index is 12.5. The number of rotatable bonds is 7. The van der Waals surface area contributed by atoms with Gasteiger partial charge < -0.3 is 20.1 Å². The molecule has 2 N–H and O–H groups in total. The maximum Gasteiger partial charge on any atom is 0.387 e. The minimum Gasteiger partial charge on any atom is -0.493 e. The van der Waals surface area contributed by atoms with Crippen LogP contribution in [0.15, 0.2) is 36.4 Å². The van der Waals surface area contributed by atoms with Gasteiger partial charge in [-0.25, -0.2) is 0 Å². The number of anilines is 2. The van der Waals surface area contributed by atoms with Crippen molar-refractivity contribution in [1.82, 2.24) is 0 Å². The summed E-state index contributed by atoms with van der Waals surface area (Å²) >= 11 is 0. The molecule has 0 aromatic heterocycles. The predicted molar refractivity (Wildman–Crippen MR) is 97.3 cm³/mol. The molecule has 7 heteroatoms. The summed E-state index contributed by atoms with van der Waals surface area (Å²) in [5, 5.41) is 5.81. The van der Waals surface area contributed by atoms with E-state index in [0.29, 0.717) is 5.69 Å². The van der Waals surface area contributed by atoms with Crippen LogP contribution in [0.25, 0.3) is 0 Å². The van der Waals surface area contributed by atoms with E-state index in [2.05, 4.69) is 15.4 Å². The lowest BCUT2D eigenvalue weighted by Crippen LogP contribution is -2.32. The maximum atomic E-state index is 12.5. The second kappa shape index (κ2) is 8.51. The van der Waals surface area contributed by atoms with Gasteiger partial charge in [-0.1, -0.05) is 17.7 Å². The number of carbonyl (C=O) groups is 1. The summed E-state index contributed by atoms with van der Waals surface area (Å²) in [5.74, 6) is -0.165. The number of amides is 1. The number of ether oxygens (including phenoxy) is 2. The molecule has 0 fully saturated rings. The number of alkyl halides is 2. The SMILES string of the molecule is COc1ccc(NC(C)C(=O)Nc2ccc(C)cc2C)cc1OC(F)F. The van der Waals surface area contributed by atoms with E-state index in [1.54, 1.807) is 13.0 Å². The lowest BCUT2D eigenvalue weighted by atomic mass is 10.1. The highest BCUT2D eigenvalue weighted by molar-refractivity contribution is 5.96. The molecule has 0 heterocycles. The Morgan fingerprint density at radius 2 is 1.81 bits per heavy atom. The van der Waals surface area contributed by atoms with Crippen LogP contribution < -0.4 is 20.1 Å². The van der Waals surface area contributed by atoms with Crippen LogP contribution in [0.2, 0.25) is 0 Å². The molecule has 1 unspecified atom stereocenters. The molecule has 0 spiro atoms. The van der Waals surface area contributed by atoms with E-state index in [9.17, 15) is 13.6 Å². The Balaban J connectivity index is 2.08. The van der Waals surface area contributed by atoms with Crippen LogP contribution in [0.4, 0.5) is 20.2 Å². The number of hydrogen-bond donors (Lipinski definition) is 2. The molecular formula is C19H22F2N2O3. The summed E-state index contributed by atoms with van der Waals surface area (Å²) in [5.41, 5.74) is 3.26. The first kappa shape index (κ1) is 19.5. The fourth-order valence-corrected chi connectivity index (χ4v) is 2.46. The van der Waals surface area contributed by atoms with Crippen molar-refractivity contribution in [2.75, 3.05) is 17.7 Å². The second-order valence-electron chi connectivity index (χ2n) is 5.92. The van der Waals surface area contributed by atoms with Crippen molar-refractivity contribution in [2.45, 2.75) is 33.4 Å². The smallest absolute Gasteiger partial charge is 0.387 e. The molecular weight excluding hydrogens is 342 g/mol. The quantitative estimate of drug-likeness (QED) is 0.767. The first-order valence-electron chi connectivity index (χ1n) is 8.07. The zero-order valence-electron chi connectivity index (χ0n) is 15.1. The van der Waals surface area contributed by atoms with Gasteiger partial charge in [0.2, 0.25) is 5.91 Å². The van der Waals surface area contributed by atoms with Crippen molar-refractivity contribution in [3.8, 4) is 11.5 Å². The van der Waals surface area contributed by atoms with E-state index in [0.717, 1.165) is 16.8 Å². The van der Waals surface area contributed by atoms with Crippen molar-refractivity contribution in [3.63, 3.8) is 0 Å². The second-order valence-corrected chi connectivity index (χ2v) is 5.92. The van der Waals surface area contributed by atoms with E-state index >= 15 is 0 Å². The number of carbonyl (C=O) groups excluding carboxylic acids is 1. The van der Waals surface area contributed by atoms with Crippen LogP contribution >= 0.6 is 0 Å². The molecule has 0 radical (unpaired) electrons. The van der Waals surface area contributed by atoms with Crippen molar-refractivity contribution in [1.29, 1.82) is 0 Å². The zero-order chi connectivity index (χ0) is 19.3. The lowest BCUT2D eigenvalue weighted by molar-refractivity contribution is -0.116. The van der Waals surface area contributed by atoms with E-state index in [1.165, 1.54) is 19.2 Å². The normalized spacial score (nSPS) is 11.8. The number of aryl methyl sites for hydroxylation is 2. The Morgan fingerprint density at radius 1 is 1.08 bits per heavy atom. The molecule has 2 rings (SSSR count). The fourth-order valence-electron chi connectivity index (χ4n) is 2.46. The summed E-state index contributed by atoms with van der Waals surface area (Å²) in [7, 11) is 1.36. The van der Waals surface area contributed by atoms with Gasteiger partial charge in [-0.2, -0.15) is 8.78 Å². The topological polar surface area (TPSA) is 59.6 Å². The summed E-state index contributed by atoms with van der Waals surface area (Å²) < 4.78 is 34.4. The molecule has 0 aliphatic rings. The van der Waals surface area contributed by atoms with Gasteiger partial charge >= 0.3 is 6.61 Å². The van der Waals surface area contributed by atoms with Gasteiger partial charge in [0.15, 0.2) is 11.5 Å². The summed E-state index contributed by atoms with van der Waals surface area (Å²) in [6.07, 6.45) is 0. The molecule has 26 heavy (non-hydrogen) atoms. The van der Waals surface area contributed by atoms with E-state index in [-0.39, 0.29) is 17.4 Å². The highest BCUT2D eigenvalue weighted by atomic mass is 19.3. The van der Waals surface area contributed by atoms with Gasteiger partial charge in [-0.3, -0.25) is 4.79 Å². The average Bonchev–Trinajstić information content (AvgIpc) is 2.57. The molecule has 0 aliphatic carbocycles. The number of methoxy groups -OCH3 is 1. The first-order valence-corrected chi connectivity index (χ1v) is 8.07. The molecule has 2 aromatic carbocycles. The lowest BCUT2D eigenvalue weighted by Gasteiger charge is -2.18. The molecule has 140 valence electrons. The van der Waals surface area contributed by atoms with E-state index < -0.39 is 12.7 Å². The third kappa shape index (κ3) is 5.08. The van der Waals surface area contributed by atoms with Gasteiger partial charge in [0.1, 0.15) is 6.04 Å². The predicted octanol–water partition coefficient (Wildman–Crippen LogP) is 4.35. The number of nitrogens with one attached hydrogen (secondary N) is 2. The number of hydrogen-bond acceptors (Lipinski definition) is 4. The molecule has 0 bridgehead atoms. The van der Waals surface area contributed by atoms with Gasteiger partial charge in [-0.05, 0) is 44.5 Å². The molecule has 2 aromatic rings. The van der Waals surface area contributed by atoms with Crippen LogP contribution in [0, 0.1) is 13.8 Å². The van der Waals surface area contributed by atoms with Crippen molar-refractivity contribution >= 4 is 17.3 Å².